The molecule has 9 heteroatoms. The lowest BCUT2D eigenvalue weighted by molar-refractivity contribution is -0.384. The second-order valence-corrected chi connectivity index (χ2v) is 7.75. The summed E-state index contributed by atoms with van der Waals surface area (Å²) in [5.74, 6) is -0.563. The van der Waals surface area contributed by atoms with Crippen LogP contribution in [0.2, 0.25) is 0 Å². The standard InChI is InChI=1S/C24H19N5O4/c1-15-9-11-17(12-10-15)28-23(24(30)33-27-28)22-14-21(16-5-4-6-18(13-16)29(31)32)25-19-7-2-3-8-20(19)26-22/h2-13,21,27H,14H2,1H3/b23-22+. The number of carbonyl (C=O) groups is 1. The van der Waals surface area contributed by atoms with Gasteiger partial charge in [-0.3, -0.25) is 15.1 Å². The van der Waals surface area contributed by atoms with Gasteiger partial charge in [-0.2, -0.15) is 0 Å². The molecule has 0 spiro atoms. The van der Waals surface area contributed by atoms with Crippen molar-refractivity contribution in [2.45, 2.75) is 19.4 Å². The Balaban J connectivity index is 1.69. The van der Waals surface area contributed by atoms with E-state index in [1.165, 1.54) is 12.1 Å². The van der Waals surface area contributed by atoms with Crippen LogP contribution in [0.25, 0.3) is 0 Å². The molecule has 33 heavy (non-hydrogen) atoms. The molecule has 0 aromatic heterocycles. The molecule has 9 nitrogen and oxygen atoms in total. The minimum Gasteiger partial charge on any atom is -0.345 e. The zero-order valence-corrected chi connectivity index (χ0v) is 17.6. The maximum Gasteiger partial charge on any atom is 0.378 e. The van der Waals surface area contributed by atoms with Gasteiger partial charge < -0.3 is 4.84 Å². The largest absolute Gasteiger partial charge is 0.378 e. The normalized spacial score (nSPS) is 19.7. The highest BCUT2D eigenvalue weighted by molar-refractivity contribution is 5.95. The van der Waals surface area contributed by atoms with Crippen molar-refractivity contribution in [1.29, 1.82) is 0 Å². The van der Waals surface area contributed by atoms with Gasteiger partial charge in [0.1, 0.15) is 0 Å². The predicted molar refractivity (Wildman–Crippen MR) is 119 cm³/mol. The van der Waals surface area contributed by atoms with Crippen molar-refractivity contribution < 1.29 is 14.6 Å². The molecule has 0 bridgehead atoms. The number of para-hydroxylation sites is 2. The summed E-state index contributed by atoms with van der Waals surface area (Å²) in [6.45, 7) is 1.98. The monoisotopic (exact) mass is 441 g/mol. The molecule has 3 aromatic rings. The van der Waals surface area contributed by atoms with Crippen LogP contribution in [0.3, 0.4) is 0 Å². The molecule has 5 rings (SSSR count). The van der Waals surface area contributed by atoms with Crippen LogP contribution in [0.4, 0.5) is 11.4 Å². The number of nitrogens with zero attached hydrogens (tertiary/aromatic N) is 4. The number of nitro groups is 1. The van der Waals surface area contributed by atoms with Crippen LogP contribution in [-0.4, -0.2) is 10.9 Å². The number of non-ortho nitro benzene ring substituents is 1. The fourth-order valence-electron chi connectivity index (χ4n) is 3.84. The van der Waals surface area contributed by atoms with E-state index in [1.807, 2.05) is 55.5 Å². The quantitative estimate of drug-likeness (QED) is 0.380. The third-order valence-electron chi connectivity index (χ3n) is 5.50. The van der Waals surface area contributed by atoms with Crippen LogP contribution >= 0.6 is 0 Å². The molecule has 2 aliphatic heterocycles. The Labute approximate surface area is 188 Å². The number of nitrogens with one attached hydrogen (secondary N) is 1. The SMILES string of the molecule is Cc1ccc(N2NOC(=O)/C2=C2/CC(c3cccc([N+](=O)[O-])c3)N=c3ccccc3=N2)cc1. The second-order valence-electron chi connectivity index (χ2n) is 7.75. The molecule has 0 saturated carbocycles. The first kappa shape index (κ1) is 20.5. The van der Waals surface area contributed by atoms with Gasteiger partial charge in [-0.1, -0.05) is 47.6 Å². The van der Waals surface area contributed by atoms with E-state index in [0.717, 1.165) is 5.56 Å². The Kier molecular flexibility index (Phi) is 5.15. The lowest BCUT2D eigenvalue weighted by Crippen LogP contribution is -2.29. The van der Waals surface area contributed by atoms with Crippen molar-refractivity contribution in [3.8, 4) is 0 Å². The molecule has 3 aromatic carbocycles. The summed E-state index contributed by atoms with van der Waals surface area (Å²) in [5, 5.41) is 14.1. The van der Waals surface area contributed by atoms with Crippen molar-refractivity contribution in [2.75, 3.05) is 5.01 Å². The summed E-state index contributed by atoms with van der Waals surface area (Å²) >= 11 is 0. The fraction of sp³-hybridized carbons (Fsp3) is 0.125. The lowest BCUT2D eigenvalue weighted by Gasteiger charge is -2.18. The highest BCUT2D eigenvalue weighted by atomic mass is 16.7. The minimum absolute atomic E-state index is 0.0189. The topological polar surface area (TPSA) is 109 Å². The van der Waals surface area contributed by atoms with Crippen molar-refractivity contribution in [3.05, 3.63) is 116 Å². The molecule has 2 aliphatic rings. The van der Waals surface area contributed by atoms with Gasteiger partial charge in [-0.05, 0) is 36.8 Å². The number of anilines is 1. The van der Waals surface area contributed by atoms with Gasteiger partial charge >= 0.3 is 5.97 Å². The first-order chi connectivity index (χ1) is 16.0. The number of nitro benzene ring substituents is 1. The molecule has 0 aliphatic carbocycles. The van der Waals surface area contributed by atoms with Crippen molar-refractivity contribution in [3.63, 3.8) is 0 Å². The summed E-state index contributed by atoms with van der Waals surface area (Å²) in [4.78, 5) is 38.4. The van der Waals surface area contributed by atoms with E-state index in [9.17, 15) is 14.9 Å². The summed E-state index contributed by atoms with van der Waals surface area (Å²) in [5.41, 5.74) is 5.82. The smallest absolute Gasteiger partial charge is 0.345 e. The van der Waals surface area contributed by atoms with Crippen molar-refractivity contribution in [2.24, 2.45) is 9.98 Å². The average molecular weight is 441 g/mol. The zero-order valence-electron chi connectivity index (χ0n) is 17.6. The molecule has 0 radical (unpaired) electrons. The van der Waals surface area contributed by atoms with Crippen LogP contribution in [0.15, 0.2) is 94.2 Å². The van der Waals surface area contributed by atoms with Gasteiger partial charge in [-0.25, -0.2) is 14.8 Å². The average Bonchev–Trinajstić information content (AvgIpc) is 3.09. The molecule has 1 unspecified atom stereocenters. The molecule has 2 heterocycles. The van der Waals surface area contributed by atoms with Crippen LogP contribution in [0, 0.1) is 17.0 Å². The second kappa shape index (κ2) is 8.29. The predicted octanol–water partition coefficient (Wildman–Crippen LogP) is 2.98. The van der Waals surface area contributed by atoms with E-state index in [2.05, 4.69) is 5.59 Å². The fourth-order valence-corrected chi connectivity index (χ4v) is 3.84. The first-order valence-electron chi connectivity index (χ1n) is 10.3. The minimum atomic E-state index is -0.563. The lowest BCUT2D eigenvalue weighted by atomic mass is 10.0. The third kappa shape index (κ3) is 3.97. The van der Waals surface area contributed by atoms with Gasteiger partial charge in [-0.15, -0.1) is 0 Å². The molecule has 1 saturated heterocycles. The first-order valence-corrected chi connectivity index (χ1v) is 10.3. The number of carbonyl (C=O) groups excluding carboxylic acids is 1. The number of hydrazine groups is 1. The number of hydrogen-bond acceptors (Lipinski definition) is 8. The van der Waals surface area contributed by atoms with Crippen LogP contribution in [-0.2, 0) is 9.63 Å². The number of fused-ring (bicyclic) bond motifs is 1. The Morgan fingerprint density at radius 3 is 2.58 bits per heavy atom. The number of benzene rings is 3. The molecular formula is C24H19N5O4. The van der Waals surface area contributed by atoms with E-state index in [0.29, 0.717) is 27.7 Å². The summed E-state index contributed by atoms with van der Waals surface area (Å²) in [6, 6.07) is 20.9. The van der Waals surface area contributed by atoms with Crippen LogP contribution in [0.1, 0.15) is 23.6 Å². The Morgan fingerprint density at radius 2 is 1.82 bits per heavy atom. The van der Waals surface area contributed by atoms with E-state index in [1.54, 1.807) is 17.1 Å². The van der Waals surface area contributed by atoms with Crippen LogP contribution < -0.4 is 21.3 Å². The van der Waals surface area contributed by atoms with Gasteiger partial charge in [0.15, 0.2) is 5.70 Å². The highest BCUT2D eigenvalue weighted by Gasteiger charge is 2.34. The van der Waals surface area contributed by atoms with Crippen LogP contribution in [0.5, 0.6) is 0 Å². The Morgan fingerprint density at radius 1 is 1.06 bits per heavy atom. The molecule has 1 atom stereocenters. The van der Waals surface area contributed by atoms with Gasteiger partial charge in [0.25, 0.3) is 5.69 Å². The zero-order chi connectivity index (χ0) is 22.9. The van der Waals surface area contributed by atoms with E-state index >= 15 is 0 Å². The summed E-state index contributed by atoms with van der Waals surface area (Å²) < 4.78 is 0. The number of aryl methyl sites for hydroxylation is 1. The summed E-state index contributed by atoms with van der Waals surface area (Å²) in [6.07, 6.45) is 0.254. The number of rotatable bonds is 3. The maximum absolute atomic E-state index is 12.8. The molecule has 0 amide bonds. The molecule has 164 valence electrons. The van der Waals surface area contributed by atoms with Gasteiger partial charge in [0.05, 0.1) is 33.1 Å². The Hall–Kier alpha value is -4.37. The Bertz CT molecular complexity index is 1420. The van der Waals surface area contributed by atoms with Crippen molar-refractivity contribution in [1.82, 2.24) is 5.59 Å². The van der Waals surface area contributed by atoms with Gasteiger partial charge in [0.2, 0.25) is 0 Å². The number of hydrogen-bond donors (Lipinski definition) is 1. The van der Waals surface area contributed by atoms with Crippen molar-refractivity contribution >= 4 is 17.3 Å². The summed E-state index contributed by atoms with van der Waals surface area (Å²) in [7, 11) is 0. The maximum atomic E-state index is 12.8. The van der Waals surface area contributed by atoms with E-state index in [4.69, 9.17) is 14.8 Å². The molecule has 1 N–H and O–H groups in total. The van der Waals surface area contributed by atoms with E-state index < -0.39 is 16.9 Å². The van der Waals surface area contributed by atoms with E-state index in [-0.39, 0.29) is 17.8 Å². The van der Waals surface area contributed by atoms with Gasteiger partial charge in [0, 0.05) is 18.6 Å². The highest BCUT2D eigenvalue weighted by Crippen LogP contribution is 2.33. The molecule has 1 fully saturated rings. The third-order valence-corrected chi connectivity index (χ3v) is 5.50. The molecular weight excluding hydrogens is 422 g/mol.